The Kier molecular flexibility index (Phi) is 4.87. The quantitative estimate of drug-likeness (QED) is 0.372. The van der Waals surface area contributed by atoms with E-state index in [9.17, 15) is 9.60 Å². The van der Waals surface area contributed by atoms with Gasteiger partial charge in [0.2, 0.25) is 0 Å². The van der Waals surface area contributed by atoms with Crippen LogP contribution in [0.3, 0.4) is 0 Å². The van der Waals surface area contributed by atoms with Crippen molar-refractivity contribution in [3.63, 3.8) is 0 Å². The number of para-hydroxylation sites is 1. The summed E-state index contributed by atoms with van der Waals surface area (Å²) in [5.41, 5.74) is 5.67. The number of fused-ring (bicyclic) bond motifs is 1. The number of aromatic nitrogens is 6. The molecule has 1 saturated carbocycles. The van der Waals surface area contributed by atoms with Crippen molar-refractivity contribution in [1.29, 1.82) is 0 Å². The summed E-state index contributed by atoms with van der Waals surface area (Å²) in [6.45, 7) is 1.81. The van der Waals surface area contributed by atoms with Crippen molar-refractivity contribution in [3.05, 3.63) is 41.6 Å². The van der Waals surface area contributed by atoms with Gasteiger partial charge in [-0.2, -0.15) is 5.10 Å². The van der Waals surface area contributed by atoms with Gasteiger partial charge in [0, 0.05) is 19.2 Å². The Morgan fingerprint density at radius 2 is 2.12 bits per heavy atom. The van der Waals surface area contributed by atoms with E-state index in [1.807, 2.05) is 25.1 Å². The molecule has 12 heteroatoms. The number of halogens is 1. The molecule has 1 aliphatic carbocycles. The number of rotatable bonds is 7. The molecule has 166 valence electrons. The Bertz CT molecular complexity index is 1290. The summed E-state index contributed by atoms with van der Waals surface area (Å²) in [7, 11) is 3.36. The zero-order valence-corrected chi connectivity index (χ0v) is 17.6. The number of hydrazine groups is 1. The third-order valence-corrected chi connectivity index (χ3v) is 5.12. The first-order valence-electron chi connectivity index (χ1n) is 9.97. The van der Waals surface area contributed by atoms with E-state index in [4.69, 9.17) is 4.74 Å². The van der Waals surface area contributed by atoms with Crippen molar-refractivity contribution in [2.24, 2.45) is 7.05 Å². The molecular formula is C20H21FN9O2-. The van der Waals surface area contributed by atoms with Crippen molar-refractivity contribution in [2.45, 2.75) is 25.6 Å². The number of imidazole rings is 1. The van der Waals surface area contributed by atoms with Crippen LogP contribution in [0, 0.1) is 12.1 Å². The average Bonchev–Trinajstić information content (AvgIpc) is 3.14. The maximum atomic E-state index is 13.3. The van der Waals surface area contributed by atoms with Crippen LogP contribution >= 0.6 is 0 Å². The molecule has 3 aromatic heterocycles. The molecule has 1 unspecified atom stereocenters. The molecule has 32 heavy (non-hydrogen) atoms. The first kappa shape index (κ1) is 20.2. The lowest BCUT2D eigenvalue weighted by atomic mass is 10.1. The molecule has 0 spiro atoms. The van der Waals surface area contributed by atoms with Crippen LogP contribution in [0.15, 0.2) is 30.6 Å². The van der Waals surface area contributed by atoms with Crippen molar-refractivity contribution in [2.75, 3.05) is 17.9 Å². The van der Waals surface area contributed by atoms with Crippen LogP contribution in [-0.4, -0.2) is 54.2 Å². The predicted octanol–water partition coefficient (Wildman–Crippen LogP) is 3.05. The third-order valence-electron chi connectivity index (χ3n) is 5.12. The maximum absolute atomic E-state index is 13.3. The number of aromatic amines is 1. The van der Waals surface area contributed by atoms with E-state index in [0.29, 0.717) is 45.1 Å². The fourth-order valence-electron chi connectivity index (χ4n) is 3.49. The van der Waals surface area contributed by atoms with Crippen LogP contribution < -0.4 is 15.5 Å². The predicted molar refractivity (Wildman–Crippen MR) is 117 cm³/mol. The molecule has 1 aromatic carbocycles. The lowest BCUT2D eigenvalue weighted by molar-refractivity contribution is 0.361. The topological polar surface area (TPSA) is 132 Å². The van der Waals surface area contributed by atoms with Crippen LogP contribution in [0.5, 0.6) is 5.75 Å². The van der Waals surface area contributed by atoms with E-state index in [0.717, 1.165) is 5.56 Å². The lowest BCUT2D eigenvalue weighted by Gasteiger charge is -2.28. The van der Waals surface area contributed by atoms with E-state index >= 15 is 0 Å². The minimum atomic E-state index is -1.12. The Morgan fingerprint density at radius 3 is 2.81 bits per heavy atom. The van der Waals surface area contributed by atoms with Gasteiger partial charge in [-0.05, 0) is 25.5 Å². The summed E-state index contributed by atoms with van der Waals surface area (Å²) in [4.78, 5) is 16.2. The highest BCUT2D eigenvalue weighted by atomic mass is 19.1. The van der Waals surface area contributed by atoms with Crippen LogP contribution in [0.25, 0.3) is 22.6 Å². The molecule has 3 N–H and O–H groups in total. The van der Waals surface area contributed by atoms with Gasteiger partial charge >= 0.3 is 0 Å². The summed E-state index contributed by atoms with van der Waals surface area (Å²) in [6.07, 6.45) is 0.696. The fourth-order valence-corrected chi connectivity index (χ4v) is 3.49. The lowest BCUT2D eigenvalue weighted by Crippen LogP contribution is -2.27. The number of benzene rings is 1. The summed E-state index contributed by atoms with van der Waals surface area (Å²) < 4.78 is 20.5. The molecule has 2 atom stereocenters. The Balaban J connectivity index is 1.53. The van der Waals surface area contributed by atoms with Crippen LogP contribution in [0.1, 0.15) is 12.2 Å². The first-order chi connectivity index (χ1) is 15.4. The van der Waals surface area contributed by atoms with E-state index in [1.54, 1.807) is 31.2 Å². The summed E-state index contributed by atoms with van der Waals surface area (Å²) >= 11 is 0. The summed E-state index contributed by atoms with van der Waals surface area (Å²) in [5, 5.41) is 20.3. The second-order valence-corrected chi connectivity index (χ2v) is 7.59. The van der Waals surface area contributed by atoms with Crippen molar-refractivity contribution in [1.82, 2.24) is 34.9 Å². The Morgan fingerprint density at radius 1 is 1.31 bits per heavy atom. The first-order valence-corrected chi connectivity index (χ1v) is 9.97. The molecule has 11 nitrogen and oxygen atoms in total. The largest absolute Gasteiger partial charge is 0.767 e. The second kappa shape index (κ2) is 7.73. The highest BCUT2D eigenvalue weighted by Crippen LogP contribution is 2.38. The normalized spacial score (nSPS) is 17.7. The van der Waals surface area contributed by atoms with Crippen LogP contribution in [0.2, 0.25) is 0 Å². The zero-order chi connectivity index (χ0) is 22.4. The van der Waals surface area contributed by atoms with Gasteiger partial charge in [0.25, 0.3) is 0 Å². The molecule has 5 rings (SSSR count). The van der Waals surface area contributed by atoms with Gasteiger partial charge in [-0.15, -0.1) is 0 Å². The van der Waals surface area contributed by atoms with Gasteiger partial charge < -0.3 is 25.7 Å². The third kappa shape index (κ3) is 3.69. The molecule has 0 saturated heterocycles. The zero-order valence-electron chi connectivity index (χ0n) is 17.6. The number of aryl methyl sites for hydroxylation is 2. The molecule has 4 aromatic rings. The van der Waals surface area contributed by atoms with Gasteiger partial charge in [0.05, 0.1) is 24.0 Å². The van der Waals surface area contributed by atoms with Crippen molar-refractivity contribution >= 4 is 28.4 Å². The molecular weight excluding hydrogens is 417 g/mol. The number of H-pyrrole nitrogens is 1. The van der Waals surface area contributed by atoms with Crippen molar-refractivity contribution in [3.8, 4) is 17.1 Å². The standard InChI is InChI=1S/C20H21FN9O2/c1-10-23-17-14(8-16(26-20(17)24-10)27-30(31)15-7-12(15)21)25-13-6-4-5-11(18(13)32-3)19-22-9-29(2)28-19/h4-6,8-9,12,15H,7H2,1-3H3,(H3,23,24,25,26,27)/q-1/t12?,15-/m0/s1. The number of hydroxylamine groups is 1. The minimum Gasteiger partial charge on any atom is -0.767 e. The molecule has 0 bridgehead atoms. The van der Waals surface area contributed by atoms with Gasteiger partial charge in [-0.25, -0.2) is 19.3 Å². The van der Waals surface area contributed by atoms with Gasteiger partial charge in [0.1, 0.15) is 29.7 Å². The van der Waals surface area contributed by atoms with E-state index in [1.165, 1.54) is 0 Å². The molecule has 1 fully saturated rings. The van der Waals surface area contributed by atoms with Gasteiger partial charge in [0.15, 0.2) is 17.2 Å². The molecule has 0 amide bonds. The summed E-state index contributed by atoms with van der Waals surface area (Å²) in [5.74, 6) is 2.00. The number of anilines is 3. The number of nitrogens with one attached hydrogen (secondary N) is 3. The van der Waals surface area contributed by atoms with E-state index < -0.39 is 12.2 Å². The monoisotopic (exact) mass is 438 g/mol. The van der Waals surface area contributed by atoms with Crippen LogP contribution in [-0.2, 0) is 7.05 Å². The maximum Gasteiger partial charge on any atom is 0.184 e. The number of methoxy groups -OCH3 is 1. The molecule has 1 aliphatic rings. The van der Waals surface area contributed by atoms with Crippen LogP contribution in [0.4, 0.5) is 21.6 Å². The summed E-state index contributed by atoms with van der Waals surface area (Å²) in [6, 6.07) is 6.54. The molecule has 3 heterocycles. The SMILES string of the molecule is COc1c(Nc2cc(NN([O-])[C@H]3CC3F)nc3nc(C)[nH]c23)cccc1-c1ncn(C)n1. The highest BCUT2D eigenvalue weighted by Gasteiger charge is 2.39. The Labute approximate surface area is 182 Å². The fraction of sp³-hybridized carbons (Fsp3) is 0.300. The number of ether oxygens (including phenoxy) is 1. The number of hydrogen-bond donors (Lipinski definition) is 3. The molecule has 0 aliphatic heterocycles. The second-order valence-electron chi connectivity index (χ2n) is 7.59. The van der Waals surface area contributed by atoms with Gasteiger partial charge in [-0.3, -0.25) is 9.85 Å². The van der Waals surface area contributed by atoms with Gasteiger partial charge in [-0.1, -0.05) is 6.07 Å². The van der Waals surface area contributed by atoms with E-state index in [-0.39, 0.29) is 12.2 Å². The average molecular weight is 438 g/mol. The number of nitrogens with zero attached hydrogens (tertiary/aromatic N) is 6. The smallest absolute Gasteiger partial charge is 0.184 e. The number of hydrogen-bond acceptors (Lipinski definition) is 9. The minimum absolute atomic E-state index is 0.205. The van der Waals surface area contributed by atoms with Crippen molar-refractivity contribution < 1.29 is 9.13 Å². The highest BCUT2D eigenvalue weighted by molar-refractivity contribution is 5.91. The van der Waals surface area contributed by atoms with E-state index in [2.05, 4.69) is 35.8 Å². The number of alkyl halides is 1. The Hall–Kier alpha value is -3.77. The number of pyridine rings is 1. The molecule has 0 radical (unpaired) electrons.